The number of anilines is 1. The molecule has 0 spiro atoms. The van der Waals surface area contributed by atoms with E-state index in [-0.39, 0.29) is 17.7 Å². The summed E-state index contributed by atoms with van der Waals surface area (Å²) in [5, 5.41) is 23.2. The maximum atomic E-state index is 10.7. The van der Waals surface area contributed by atoms with E-state index in [9.17, 15) is 15.2 Å². The van der Waals surface area contributed by atoms with Gasteiger partial charge in [-0.3, -0.25) is 10.1 Å². The van der Waals surface area contributed by atoms with Crippen LogP contribution in [-0.4, -0.2) is 23.2 Å². The highest BCUT2D eigenvalue weighted by Gasteiger charge is 2.21. The highest BCUT2D eigenvalue weighted by Crippen LogP contribution is 2.29. The van der Waals surface area contributed by atoms with Gasteiger partial charge in [-0.1, -0.05) is 13.8 Å². The lowest BCUT2D eigenvalue weighted by molar-refractivity contribution is -0.384. The highest BCUT2D eigenvalue weighted by molar-refractivity contribution is 9.10. The Morgan fingerprint density at radius 1 is 1.56 bits per heavy atom. The van der Waals surface area contributed by atoms with E-state index in [0.717, 1.165) is 10.9 Å². The second kappa shape index (κ2) is 6.15. The number of benzene rings is 1. The van der Waals surface area contributed by atoms with E-state index in [1.165, 1.54) is 12.1 Å². The molecule has 2 N–H and O–H groups in total. The Morgan fingerprint density at radius 3 is 2.72 bits per heavy atom. The Kier molecular flexibility index (Phi) is 5.10. The number of hydrogen-bond donors (Lipinski definition) is 2. The van der Waals surface area contributed by atoms with E-state index in [4.69, 9.17) is 0 Å². The SMILES string of the molecule is CCC(C)(CO)CNc1cc([N+](=O)[O-])ccc1Br. The fourth-order valence-electron chi connectivity index (χ4n) is 1.36. The molecule has 0 saturated heterocycles. The number of aliphatic hydroxyl groups excluding tert-OH is 1. The number of nitro benzene ring substituents is 1. The Balaban J connectivity index is 2.84. The molecule has 6 heteroatoms. The predicted octanol–water partition coefficient (Wildman–Crippen LogP) is 3.18. The topological polar surface area (TPSA) is 75.4 Å². The summed E-state index contributed by atoms with van der Waals surface area (Å²) < 4.78 is 0.768. The maximum absolute atomic E-state index is 10.7. The predicted molar refractivity (Wildman–Crippen MR) is 74.8 cm³/mol. The van der Waals surface area contributed by atoms with Crippen LogP contribution in [0.1, 0.15) is 20.3 Å². The van der Waals surface area contributed by atoms with Gasteiger partial charge in [-0.05, 0) is 28.4 Å². The number of aliphatic hydroxyl groups is 1. The van der Waals surface area contributed by atoms with Crippen LogP contribution in [0.5, 0.6) is 0 Å². The molecule has 0 aliphatic carbocycles. The second-order valence-corrected chi connectivity index (χ2v) is 5.45. The van der Waals surface area contributed by atoms with Crippen molar-refractivity contribution in [2.75, 3.05) is 18.5 Å². The van der Waals surface area contributed by atoms with Gasteiger partial charge < -0.3 is 10.4 Å². The van der Waals surface area contributed by atoms with Gasteiger partial charge in [-0.25, -0.2) is 0 Å². The van der Waals surface area contributed by atoms with Gasteiger partial charge in [0, 0.05) is 28.6 Å². The zero-order valence-corrected chi connectivity index (χ0v) is 12.0. The molecule has 0 aliphatic rings. The lowest BCUT2D eigenvalue weighted by atomic mass is 9.88. The van der Waals surface area contributed by atoms with E-state index < -0.39 is 4.92 Å². The minimum Gasteiger partial charge on any atom is -0.396 e. The molecule has 0 saturated carbocycles. The molecule has 0 radical (unpaired) electrons. The van der Waals surface area contributed by atoms with Crippen molar-refractivity contribution >= 4 is 27.3 Å². The number of non-ortho nitro benzene ring substituents is 1. The number of nitrogens with one attached hydrogen (secondary N) is 1. The zero-order chi connectivity index (χ0) is 13.8. The standard InChI is InChI=1S/C12H17BrN2O3/c1-3-12(2,8-16)7-14-11-6-9(15(17)18)4-5-10(11)13/h4-6,14,16H,3,7-8H2,1-2H3. The van der Waals surface area contributed by atoms with Crippen LogP contribution in [0.2, 0.25) is 0 Å². The van der Waals surface area contributed by atoms with E-state index in [2.05, 4.69) is 21.2 Å². The average Bonchev–Trinajstić information content (AvgIpc) is 2.37. The summed E-state index contributed by atoms with van der Waals surface area (Å²) in [4.78, 5) is 10.3. The summed E-state index contributed by atoms with van der Waals surface area (Å²) in [5.41, 5.74) is 0.476. The first-order valence-corrected chi connectivity index (χ1v) is 6.50. The quantitative estimate of drug-likeness (QED) is 0.624. The van der Waals surface area contributed by atoms with Crippen molar-refractivity contribution in [2.45, 2.75) is 20.3 Å². The van der Waals surface area contributed by atoms with Crippen LogP contribution in [0.4, 0.5) is 11.4 Å². The summed E-state index contributed by atoms with van der Waals surface area (Å²) in [7, 11) is 0. The van der Waals surface area contributed by atoms with Crippen molar-refractivity contribution < 1.29 is 10.0 Å². The molecule has 0 aliphatic heterocycles. The van der Waals surface area contributed by atoms with Crippen LogP contribution in [0.3, 0.4) is 0 Å². The molecular formula is C12H17BrN2O3. The Labute approximate surface area is 114 Å². The summed E-state index contributed by atoms with van der Waals surface area (Å²) >= 11 is 3.34. The Bertz CT molecular complexity index is 433. The molecule has 1 aromatic carbocycles. The van der Waals surface area contributed by atoms with Crippen molar-refractivity contribution in [1.82, 2.24) is 0 Å². The maximum Gasteiger partial charge on any atom is 0.271 e. The molecule has 0 bridgehead atoms. The van der Waals surface area contributed by atoms with Crippen molar-refractivity contribution in [3.05, 3.63) is 32.8 Å². The van der Waals surface area contributed by atoms with Gasteiger partial charge in [-0.15, -0.1) is 0 Å². The molecule has 1 unspecified atom stereocenters. The molecule has 0 aromatic heterocycles. The highest BCUT2D eigenvalue weighted by atomic mass is 79.9. The monoisotopic (exact) mass is 316 g/mol. The van der Waals surface area contributed by atoms with Crippen LogP contribution < -0.4 is 5.32 Å². The van der Waals surface area contributed by atoms with E-state index in [1.54, 1.807) is 6.07 Å². The van der Waals surface area contributed by atoms with E-state index >= 15 is 0 Å². The third kappa shape index (κ3) is 3.68. The minimum atomic E-state index is -0.428. The van der Waals surface area contributed by atoms with E-state index in [1.807, 2.05) is 13.8 Å². The van der Waals surface area contributed by atoms with Gasteiger partial charge >= 0.3 is 0 Å². The molecule has 1 aromatic rings. The number of nitrogens with zero attached hydrogens (tertiary/aromatic N) is 1. The number of rotatable bonds is 6. The normalized spacial score (nSPS) is 14.0. The smallest absolute Gasteiger partial charge is 0.271 e. The molecule has 1 rings (SSSR count). The molecule has 18 heavy (non-hydrogen) atoms. The van der Waals surface area contributed by atoms with Crippen LogP contribution in [0.15, 0.2) is 22.7 Å². The minimum absolute atomic E-state index is 0.0444. The van der Waals surface area contributed by atoms with Gasteiger partial charge in [-0.2, -0.15) is 0 Å². The molecule has 0 amide bonds. The van der Waals surface area contributed by atoms with Gasteiger partial charge in [0.05, 0.1) is 17.2 Å². The van der Waals surface area contributed by atoms with Crippen LogP contribution in [0, 0.1) is 15.5 Å². The lowest BCUT2D eigenvalue weighted by Crippen LogP contribution is -2.29. The summed E-state index contributed by atoms with van der Waals surface area (Å²) in [6.45, 7) is 4.59. The molecular weight excluding hydrogens is 300 g/mol. The number of nitro groups is 1. The molecule has 5 nitrogen and oxygen atoms in total. The van der Waals surface area contributed by atoms with Crippen molar-refractivity contribution in [3.8, 4) is 0 Å². The summed E-state index contributed by atoms with van der Waals surface area (Å²) in [6.07, 6.45) is 0.822. The number of halogens is 1. The van der Waals surface area contributed by atoms with E-state index in [0.29, 0.717) is 12.2 Å². The Morgan fingerprint density at radius 2 is 2.22 bits per heavy atom. The summed E-state index contributed by atoms with van der Waals surface area (Å²) in [5.74, 6) is 0. The fraction of sp³-hybridized carbons (Fsp3) is 0.500. The third-order valence-electron chi connectivity index (χ3n) is 3.10. The van der Waals surface area contributed by atoms with Crippen molar-refractivity contribution in [1.29, 1.82) is 0 Å². The second-order valence-electron chi connectivity index (χ2n) is 4.60. The van der Waals surface area contributed by atoms with Crippen LogP contribution >= 0.6 is 15.9 Å². The van der Waals surface area contributed by atoms with Gasteiger partial charge in [0.1, 0.15) is 0 Å². The molecule has 0 heterocycles. The first-order chi connectivity index (χ1) is 8.41. The fourth-order valence-corrected chi connectivity index (χ4v) is 1.75. The van der Waals surface area contributed by atoms with Gasteiger partial charge in [0.2, 0.25) is 0 Å². The van der Waals surface area contributed by atoms with Gasteiger partial charge in [0.25, 0.3) is 5.69 Å². The van der Waals surface area contributed by atoms with Crippen LogP contribution in [-0.2, 0) is 0 Å². The summed E-state index contributed by atoms with van der Waals surface area (Å²) in [6, 6.07) is 4.57. The van der Waals surface area contributed by atoms with Crippen molar-refractivity contribution in [2.24, 2.45) is 5.41 Å². The van der Waals surface area contributed by atoms with Gasteiger partial charge in [0.15, 0.2) is 0 Å². The number of hydrogen-bond acceptors (Lipinski definition) is 4. The average molecular weight is 317 g/mol. The lowest BCUT2D eigenvalue weighted by Gasteiger charge is -2.26. The Hall–Kier alpha value is -1.14. The van der Waals surface area contributed by atoms with Crippen LogP contribution in [0.25, 0.3) is 0 Å². The zero-order valence-electron chi connectivity index (χ0n) is 10.4. The molecule has 100 valence electrons. The first kappa shape index (κ1) is 14.9. The third-order valence-corrected chi connectivity index (χ3v) is 3.79. The molecule has 0 fully saturated rings. The van der Waals surface area contributed by atoms with Crippen molar-refractivity contribution in [3.63, 3.8) is 0 Å². The first-order valence-electron chi connectivity index (χ1n) is 5.70. The molecule has 1 atom stereocenters. The largest absolute Gasteiger partial charge is 0.396 e.